The van der Waals surface area contributed by atoms with Crippen molar-refractivity contribution in [2.24, 2.45) is 0 Å². The lowest BCUT2D eigenvalue weighted by atomic mass is 10.2. The summed E-state index contributed by atoms with van der Waals surface area (Å²) in [5.41, 5.74) is 6.74. The predicted octanol–water partition coefficient (Wildman–Crippen LogP) is 2.35. The highest BCUT2D eigenvalue weighted by Gasteiger charge is 2.09. The molecule has 0 aliphatic heterocycles. The molecule has 1 aromatic rings. The molecule has 118 valence electrons. The second-order valence-electron chi connectivity index (χ2n) is 4.96. The van der Waals surface area contributed by atoms with Gasteiger partial charge in [-0.2, -0.15) is 0 Å². The van der Waals surface area contributed by atoms with Crippen LogP contribution in [0.25, 0.3) is 0 Å². The van der Waals surface area contributed by atoms with E-state index in [9.17, 15) is 4.79 Å². The van der Waals surface area contributed by atoms with Crippen molar-refractivity contribution in [2.75, 3.05) is 37.3 Å². The summed E-state index contributed by atoms with van der Waals surface area (Å²) in [5, 5.41) is 12.2. The van der Waals surface area contributed by atoms with Gasteiger partial charge in [-0.3, -0.25) is 4.79 Å². The number of aliphatic hydroxyl groups is 1. The first kappa shape index (κ1) is 17.8. The van der Waals surface area contributed by atoms with E-state index >= 15 is 0 Å². The Hall–Kier alpha value is -1.30. The molecule has 4 N–H and O–H groups in total. The number of carbonyl (C=O) groups is 1. The van der Waals surface area contributed by atoms with Crippen LogP contribution in [-0.4, -0.2) is 42.2 Å². The first-order valence-electron chi connectivity index (χ1n) is 7.25. The van der Waals surface area contributed by atoms with E-state index in [0.717, 1.165) is 19.4 Å². The van der Waals surface area contributed by atoms with Gasteiger partial charge in [0.1, 0.15) is 0 Å². The zero-order valence-electron chi connectivity index (χ0n) is 12.4. The van der Waals surface area contributed by atoms with Gasteiger partial charge in [0.15, 0.2) is 0 Å². The topological polar surface area (TPSA) is 78.6 Å². The average Bonchev–Trinajstić information content (AvgIpc) is 2.45. The normalized spacial score (nSPS) is 10.9. The minimum absolute atomic E-state index is 0.0962. The van der Waals surface area contributed by atoms with Crippen molar-refractivity contribution < 1.29 is 9.90 Å². The number of aliphatic hydroxyl groups excluding tert-OH is 1. The van der Waals surface area contributed by atoms with Crippen molar-refractivity contribution >= 4 is 28.9 Å². The molecule has 0 atom stereocenters. The third-order valence-electron chi connectivity index (χ3n) is 3.17. The number of hydrogen-bond donors (Lipinski definition) is 3. The minimum Gasteiger partial charge on any atom is -0.399 e. The summed E-state index contributed by atoms with van der Waals surface area (Å²) < 4.78 is 0. The summed E-state index contributed by atoms with van der Waals surface area (Å²) in [6, 6.07) is 5.00. The van der Waals surface area contributed by atoms with Gasteiger partial charge in [0.25, 0.3) is 0 Å². The van der Waals surface area contributed by atoms with Crippen LogP contribution in [0.2, 0.25) is 5.02 Å². The van der Waals surface area contributed by atoms with Gasteiger partial charge in [0, 0.05) is 25.2 Å². The van der Waals surface area contributed by atoms with E-state index < -0.39 is 0 Å². The Balaban J connectivity index is 2.44. The number of nitrogens with two attached hydrogens (primary N) is 1. The van der Waals surface area contributed by atoms with Crippen molar-refractivity contribution in [3.63, 3.8) is 0 Å². The number of benzene rings is 1. The van der Waals surface area contributed by atoms with Crippen LogP contribution < -0.4 is 11.1 Å². The van der Waals surface area contributed by atoms with Crippen molar-refractivity contribution in [3.05, 3.63) is 23.2 Å². The second kappa shape index (κ2) is 9.60. The SMILES string of the molecule is CCCCN(CCO)CCC(=O)Nc1ccc(N)cc1Cl. The molecule has 21 heavy (non-hydrogen) atoms. The molecule has 1 rings (SSSR count). The summed E-state index contributed by atoms with van der Waals surface area (Å²) in [6.45, 7) is 4.34. The Morgan fingerprint density at radius 2 is 2.14 bits per heavy atom. The smallest absolute Gasteiger partial charge is 0.225 e. The summed E-state index contributed by atoms with van der Waals surface area (Å²) in [7, 11) is 0. The van der Waals surface area contributed by atoms with Gasteiger partial charge in [0.05, 0.1) is 17.3 Å². The fourth-order valence-electron chi connectivity index (χ4n) is 1.96. The maximum atomic E-state index is 11.9. The number of nitrogens with one attached hydrogen (secondary N) is 1. The van der Waals surface area contributed by atoms with Crippen LogP contribution in [0.1, 0.15) is 26.2 Å². The highest BCUT2D eigenvalue weighted by Crippen LogP contribution is 2.24. The first-order valence-corrected chi connectivity index (χ1v) is 7.62. The Kier molecular flexibility index (Phi) is 8.12. The lowest BCUT2D eigenvalue weighted by Crippen LogP contribution is -2.31. The van der Waals surface area contributed by atoms with E-state index in [1.165, 1.54) is 0 Å². The minimum atomic E-state index is -0.0962. The zero-order chi connectivity index (χ0) is 15.7. The quantitative estimate of drug-likeness (QED) is 0.611. The highest BCUT2D eigenvalue weighted by atomic mass is 35.5. The molecule has 0 radical (unpaired) electrons. The maximum absolute atomic E-state index is 11.9. The molecule has 0 fully saturated rings. The van der Waals surface area contributed by atoms with Crippen molar-refractivity contribution in [1.82, 2.24) is 4.90 Å². The fraction of sp³-hybridized carbons (Fsp3) is 0.533. The number of amides is 1. The third kappa shape index (κ3) is 6.80. The Morgan fingerprint density at radius 1 is 1.38 bits per heavy atom. The van der Waals surface area contributed by atoms with Gasteiger partial charge in [-0.25, -0.2) is 0 Å². The van der Waals surface area contributed by atoms with Crippen LogP contribution in [-0.2, 0) is 4.79 Å². The standard InChI is InChI=1S/C15H24ClN3O2/c1-2-3-7-19(9-10-20)8-6-15(21)18-14-5-4-12(17)11-13(14)16/h4-5,11,20H,2-3,6-10,17H2,1H3,(H,18,21). The molecular formula is C15H24ClN3O2. The van der Waals surface area contributed by atoms with Crippen molar-refractivity contribution in [1.29, 1.82) is 0 Å². The monoisotopic (exact) mass is 313 g/mol. The number of nitrogen functional groups attached to an aromatic ring is 1. The third-order valence-corrected chi connectivity index (χ3v) is 3.48. The van der Waals surface area contributed by atoms with E-state index in [-0.39, 0.29) is 12.5 Å². The predicted molar refractivity (Wildman–Crippen MR) is 87.5 cm³/mol. The Labute approximate surface area is 131 Å². The zero-order valence-corrected chi connectivity index (χ0v) is 13.2. The number of halogens is 1. The van der Waals surface area contributed by atoms with Crippen LogP contribution in [0.15, 0.2) is 18.2 Å². The van der Waals surface area contributed by atoms with E-state index in [2.05, 4.69) is 17.1 Å². The lowest BCUT2D eigenvalue weighted by Gasteiger charge is -2.20. The lowest BCUT2D eigenvalue weighted by molar-refractivity contribution is -0.116. The number of anilines is 2. The van der Waals surface area contributed by atoms with E-state index in [1.807, 2.05) is 0 Å². The van der Waals surface area contributed by atoms with Gasteiger partial charge in [0.2, 0.25) is 5.91 Å². The number of nitrogens with zero attached hydrogens (tertiary/aromatic N) is 1. The van der Waals surface area contributed by atoms with Crippen LogP contribution in [0.5, 0.6) is 0 Å². The molecule has 0 saturated carbocycles. The largest absolute Gasteiger partial charge is 0.399 e. The highest BCUT2D eigenvalue weighted by molar-refractivity contribution is 6.34. The molecule has 5 nitrogen and oxygen atoms in total. The molecule has 0 heterocycles. The second-order valence-corrected chi connectivity index (χ2v) is 5.36. The average molecular weight is 314 g/mol. The molecule has 0 spiro atoms. The van der Waals surface area contributed by atoms with Gasteiger partial charge in [-0.05, 0) is 31.2 Å². The Bertz CT molecular complexity index is 455. The molecule has 1 amide bonds. The summed E-state index contributed by atoms with van der Waals surface area (Å²) >= 11 is 6.02. The Morgan fingerprint density at radius 3 is 2.76 bits per heavy atom. The van der Waals surface area contributed by atoms with Crippen LogP contribution in [0, 0.1) is 0 Å². The van der Waals surface area contributed by atoms with E-state index in [0.29, 0.717) is 35.9 Å². The number of rotatable bonds is 9. The first-order chi connectivity index (χ1) is 10.1. The molecule has 0 aromatic heterocycles. The summed E-state index contributed by atoms with van der Waals surface area (Å²) in [6.07, 6.45) is 2.52. The van der Waals surface area contributed by atoms with E-state index in [1.54, 1.807) is 18.2 Å². The van der Waals surface area contributed by atoms with Crippen LogP contribution in [0.4, 0.5) is 11.4 Å². The summed E-state index contributed by atoms with van der Waals surface area (Å²) in [4.78, 5) is 14.0. The molecule has 1 aromatic carbocycles. The van der Waals surface area contributed by atoms with Crippen LogP contribution in [0.3, 0.4) is 0 Å². The van der Waals surface area contributed by atoms with Crippen molar-refractivity contribution in [3.8, 4) is 0 Å². The molecule has 0 aliphatic rings. The molecule has 0 aliphatic carbocycles. The number of hydrogen-bond acceptors (Lipinski definition) is 4. The molecular weight excluding hydrogens is 290 g/mol. The van der Waals surface area contributed by atoms with Crippen molar-refractivity contribution in [2.45, 2.75) is 26.2 Å². The molecule has 0 saturated heterocycles. The molecule has 0 unspecified atom stereocenters. The van der Waals surface area contributed by atoms with Crippen LogP contribution >= 0.6 is 11.6 Å². The number of unbranched alkanes of at least 4 members (excludes halogenated alkanes) is 1. The van der Waals surface area contributed by atoms with Gasteiger partial charge in [-0.15, -0.1) is 0 Å². The molecule has 6 heteroatoms. The maximum Gasteiger partial charge on any atom is 0.225 e. The molecule has 0 bridgehead atoms. The van der Waals surface area contributed by atoms with Gasteiger partial charge < -0.3 is 21.1 Å². The number of carbonyl (C=O) groups excluding carboxylic acids is 1. The summed E-state index contributed by atoms with van der Waals surface area (Å²) in [5.74, 6) is -0.0962. The van der Waals surface area contributed by atoms with Gasteiger partial charge >= 0.3 is 0 Å². The van der Waals surface area contributed by atoms with Gasteiger partial charge in [-0.1, -0.05) is 24.9 Å². The van der Waals surface area contributed by atoms with E-state index in [4.69, 9.17) is 22.4 Å². The fourth-order valence-corrected chi connectivity index (χ4v) is 2.20.